The van der Waals surface area contributed by atoms with Gasteiger partial charge in [-0.25, -0.2) is 9.67 Å². The van der Waals surface area contributed by atoms with Crippen LogP contribution in [0.25, 0.3) is 22.3 Å². The minimum atomic E-state index is 0.00263. The number of thioether (sulfide) groups is 1. The molecule has 0 bridgehead atoms. The molecule has 5 nitrogen and oxygen atoms in total. The van der Waals surface area contributed by atoms with Gasteiger partial charge in [-0.3, -0.25) is 4.79 Å². The Morgan fingerprint density at radius 3 is 2.65 bits per heavy atom. The first-order valence-electron chi connectivity index (χ1n) is 10.6. The van der Waals surface area contributed by atoms with Crippen LogP contribution >= 0.6 is 11.8 Å². The van der Waals surface area contributed by atoms with Gasteiger partial charge in [-0.2, -0.15) is 5.10 Å². The number of anilines is 1. The number of benzene rings is 2. The number of para-hydroxylation sites is 1. The largest absolute Gasteiger partial charge is 0.307 e. The van der Waals surface area contributed by atoms with E-state index in [1.54, 1.807) is 6.20 Å². The molecule has 0 aliphatic carbocycles. The Morgan fingerprint density at radius 1 is 1.06 bits per heavy atom. The number of hydrogen-bond donors (Lipinski definition) is 0. The van der Waals surface area contributed by atoms with Gasteiger partial charge in [0.15, 0.2) is 5.65 Å². The summed E-state index contributed by atoms with van der Waals surface area (Å²) >= 11 is 1.81. The molecule has 4 aromatic rings. The molecule has 0 fully saturated rings. The monoisotopic (exact) mass is 428 g/mol. The maximum Gasteiger partial charge on any atom is 0.259 e. The van der Waals surface area contributed by atoms with Crippen LogP contribution in [0.15, 0.2) is 71.8 Å². The van der Waals surface area contributed by atoms with E-state index in [-0.39, 0.29) is 11.9 Å². The Kier molecular flexibility index (Phi) is 5.24. The van der Waals surface area contributed by atoms with Crippen LogP contribution in [0.1, 0.15) is 36.7 Å². The highest BCUT2D eigenvalue weighted by Crippen LogP contribution is 2.35. The fourth-order valence-electron chi connectivity index (χ4n) is 4.01. The van der Waals surface area contributed by atoms with Gasteiger partial charge >= 0.3 is 0 Å². The molecule has 31 heavy (non-hydrogen) atoms. The topological polar surface area (TPSA) is 51.0 Å². The zero-order valence-corrected chi connectivity index (χ0v) is 18.5. The summed E-state index contributed by atoms with van der Waals surface area (Å²) in [6, 6.07) is 20.3. The first-order valence-corrected chi connectivity index (χ1v) is 11.6. The molecule has 0 saturated heterocycles. The van der Waals surface area contributed by atoms with Crippen molar-refractivity contribution in [1.82, 2.24) is 14.8 Å². The second-order valence-electron chi connectivity index (χ2n) is 7.97. The van der Waals surface area contributed by atoms with E-state index in [1.165, 1.54) is 0 Å². The highest BCUT2D eigenvalue weighted by Gasteiger charge is 2.26. The van der Waals surface area contributed by atoms with Gasteiger partial charge in [0.1, 0.15) is 0 Å². The van der Waals surface area contributed by atoms with Crippen LogP contribution in [0.3, 0.4) is 0 Å². The Labute approximate surface area is 186 Å². The lowest BCUT2D eigenvalue weighted by molar-refractivity contribution is 0.0988. The molecule has 0 N–H and O–H groups in total. The van der Waals surface area contributed by atoms with Crippen LogP contribution < -0.4 is 4.90 Å². The molecule has 6 heteroatoms. The number of hydrogen-bond acceptors (Lipinski definition) is 4. The molecule has 0 atom stereocenters. The van der Waals surface area contributed by atoms with Gasteiger partial charge < -0.3 is 4.90 Å². The number of rotatable bonds is 3. The lowest BCUT2D eigenvalue weighted by Gasteiger charge is -2.23. The number of pyridine rings is 1. The second-order valence-corrected chi connectivity index (χ2v) is 9.10. The van der Waals surface area contributed by atoms with Gasteiger partial charge in [0.05, 0.1) is 28.5 Å². The molecule has 0 radical (unpaired) electrons. The van der Waals surface area contributed by atoms with Crippen molar-refractivity contribution in [3.63, 3.8) is 0 Å². The number of carbonyl (C=O) groups excluding carboxylic acids is 1. The lowest BCUT2D eigenvalue weighted by atomic mass is 10.1. The molecule has 3 heterocycles. The molecule has 1 aliphatic heterocycles. The van der Waals surface area contributed by atoms with Crippen molar-refractivity contribution in [1.29, 1.82) is 0 Å². The smallest absolute Gasteiger partial charge is 0.259 e. The molecule has 2 aromatic heterocycles. The Bertz CT molecular complexity index is 1250. The number of aromatic nitrogens is 3. The minimum absolute atomic E-state index is 0.00263. The molecule has 0 saturated carbocycles. The van der Waals surface area contributed by atoms with E-state index in [0.717, 1.165) is 45.0 Å². The third-order valence-electron chi connectivity index (χ3n) is 5.54. The molecule has 0 unspecified atom stereocenters. The van der Waals surface area contributed by atoms with Gasteiger partial charge in [-0.15, -0.1) is 11.8 Å². The maximum atomic E-state index is 13.9. The fourth-order valence-corrected chi connectivity index (χ4v) is 5.01. The van der Waals surface area contributed by atoms with E-state index >= 15 is 0 Å². The predicted molar refractivity (Wildman–Crippen MR) is 127 cm³/mol. The van der Waals surface area contributed by atoms with Gasteiger partial charge in [0.25, 0.3) is 5.91 Å². The van der Waals surface area contributed by atoms with Crippen molar-refractivity contribution in [2.75, 3.05) is 17.2 Å². The van der Waals surface area contributed by atoms with E-state index in [0.29, 0.717) is 12.1 Å². The summed E-state index contributed by atoms with van der Waals surface area (Å²) in [4.78, 5) is 21.9. The first kappa shape index (κ1) is 19.8. The van der Waals surface area contributed by atoms with E-state index < -0.39 is 0 Å². The summed E-state index contributed by atoms with van der Waals surface area (Å²) in [5.74, 6) is 1.01. The number of fused-ring (bicyclic) bond motifs is 2. The molecular weight excluding hydrogens is 404 g/mol. The average Bonchev–Trinajstić information content (AvgIpc) is 3.12. The lowest BCUT2D eigenvalue weighted by Crippen LogP contribution is -2.32. The number of amides is 1. The van der Waals surface area contributed by atoms with Crippen molar-refractivity contribution in [2.24, 2.45) is 0 Å². The van der Waals surface area contributed by atoms with Crippen LogP contribution in [0, 0.1) is 0 Å². The van der Waals surface area contributed by atoms with Crippen molar-refractivity contribution in [3.05, 3.63) is 72.4 Å². The zero-order valence-electron chi connectivity index (χ0n) is 17.7. The Morgan fingerprint density at radius 2 is 1.84 bits per heavy atom. The van der Waals surface area contributed by atoms with Crippen molar-refractivity contribution >= 4 is 34.4 Å². The summed E-state index contributed by atoms with van der Waals surface area (Å²) in [5.41, 5.74) is 4.16. The summed E-state index contributed by atoms with van der Waals surface area (Å²) in [5, 5.41) is 5.36. The zero-order chi connectivity index (χ0) is 21.4. The highest BCUT2D eigenvalue weighted by atomic mass is 32.2. The van der Waals surface area contributed by atoms with Crippen LogP contribution in [-0.4, -0.2) is 33.0 Å². The van der Waals surface area contributed by atoms with E-state index in [9.17, 15) is 4.79 Å². The molecule has 156 valence electrons. The fraction of sp³-hybridized carbons (Fsp3) is 0.240. The molecule has 1 amide bonds. The van der Waals surface area contributed by atoms with Gasteiger partial charge in [0.2, 0.25) is 0 Å². The maximum absolute atomic E-state index is 13.9. The third-order valence-corrected chi connectivity index (χ3v) is 6.69. The summed E-state index contributed by atoms with van der Waals surface area (Å²) < 4.78 is 1.89. The number of nitrogens with zero attached hydrogens (tertiary/aromatic N) is 4. The Balaban J connectivity index is 1.70. The number of carbonyl (C=O) groups is 1. The summed E-state index contributed by atoms with van der Waals surface area (Å²) in [6.45, 7) is 4.85. The Hall–Kier alpha value is -3.12. The standard InChI is InChI=1S/C25H24N4OS/c1-17(2)29-24-20(16-26-29)19(15-21(27-24)18-9-4-3-5-10-18)25(30)28-13-8-14-31-23-12-7-6-11-22(23)28/h3-7,9-12,15-17H,8,13-14H2,1-2H3. The summed E-state index contributed by atoms with van der Waals surface area (Å²) in [6.07, 6.45) is 2.74. The van der Waals surface area contributed by atoms with Crippen molar-refractivity contribution in [2.45, 2.75) is 31.2 Å². The SMILES string of the molecule is CC(C)n1ncc2c(C(=O)N3CCCSc4ccccc43)cc(-c3ccccc3)nc21. The van der Waals surface area contributed by atoms with Gasteiger partial charge in [-0.05, 0) is 44.2 Å². The van der Waals surface area contributed by atoms with Crippen molar-refractivity contribution < 1.29 is 4.79 Å². The van der Waals surface area contributed by atoms with Crippen LogP contribution in [-0.2, 0) is 0 Å². The van der Waals surface area contributed by atoms with Crippen LogP contribution in [0.2, 0.25) is 0 Å². The quantitative estimate of drug-likeness (QED) is 0.412. The molecular formula is C25H24N4OS. The second kappa shape index (κ2) is 8.19. The molecule has 0 spiro atoms. The van der Waals surface area contributed by atoms with E-state index in [2.05, 4.69) is 25.0 Å². The molecule has 2 aromatic carbocycles. The van der Waals surface area contributed by atoms with Gasteiger partial charge in [-0.1, -0.05) is 42.5 Å². The normalized spacial score (nSPS) is 14.0. The average molecular weight is 429 g/mol. The third kappa shape index (κ3) is 3.61. The first-order chi connectivity index (χ1) is 15.1. The minimum Gasteiger partial charge on any atom is -0.307 e. The van der Waals surface area contributed by atoms with Crippen molar-refractivity contribution in [3.8, 4) is 11.3 Å². The van der Waals surface area contributed by atoms with Crippen LogP contribution in [0.4, 0.5) is 5.69 Å². The summed E-state index contributed by atoms with van der Waals surface area (Å²) in [7, 11) is 0. The van der Waals surface area contributed by atoms with E-state index in [4.69, 9.17) is 4.98 Å². The van der Waals surface area contributed by atoms with E-state index in [1.807, 2.05) is 75.9 Å². The predicted octanol–water partition coefficient (Wildman–Crippen LogP) is 5.82. The molecule has 1 aliphatic rings. The van der Waals surface area contributed by atoms with Crippen LogP contribution in [0.5, 0.6) is 0 Å². The highest BCUT2D eigenvalue weighted by molar-refractivity contribution is 7.99. The van der Waals surface area contributed by atoms with Gasteiger partial charge in [0, 0.05) is 23.0 Å². The molecule has 5 rings (SSSR count).